The van der Waals surface area contributed by atoms with Gasteiger partial charge in [-0.3, -0.25) is 0 Å². The van der Waals surface area contributed by atoms with Crippen molar-refractivity contribution in [3.8, 4) is 5.75 Å². The van der Waals surface area contributed by atoms with Crippen LogP contribution in [0.3, 0.4) is 0 Å². The van der Waals surface area contributed by atoms with Crippen LogP contribution in [0.25, 0.3) is 0 Å². The van der Waals surface area contributed by atoms with Crippen molar-refractivity contribution in [2.75, 3.05) is 18.0 Å². The van der Waals surface area contributed by atoms with Gasteiger partial charge in [-0.25, -0.2) is 0 Å². The number of rotatable bonds is 1. The number of hydrogen-bond donors (Lipinski definition) is 1. The van der Waals surface area contributed by atoms with Gasteiger partial charge >= 0.3 is 0 Å². The van der Waals surface area contributed by atoms with E-state index in [4.69, 9.17) is 0 Å². The molecule has 1 saturated heterocycles. The molecule has 0 saturated carbocycles. The van der Waals surface area contributed by atoms with E-state index in [1.807, 2.05) is 13.0 Å². The van der Waals surface area contributed by atoms with Crippen LogP contribution < -0.4 is 4.90 Å². The molecule has 2 nitrogen and oxygen atoms in total. The highest BCUT2D eigenvalue weighted by molar-refractivity contribution is 5.54. The van der Waals surface area contributed by atoms with Crippen molar-refractivity contribution < 1.29 is 5.11 Å². The van der Waals surface area contributed by atoms with Crippen LogP contribution in [-0.4, -0.2) is 18.2 Å². The fourth-order valence-corrected chi connectivity index (χ4v) is 1.50. The van der Waals surface area contributed by atoms with Gasteiger partial charge in [0.2, 0.25) is 0 Å². The zero-order valence-corrected chi connectivity index (χ0v) is 7.25. The van der Waals surface area contributed by atoms with Gasteiger partial charge in [0.25, 0.3) is 0 Å². The summed E-state index contributed by atoms with van der Waals surface area (Å²) in [5, 5.41) is 9.34. The lowest BCUT2D eigenvalue weighted by molar-refractivity contribution is 0.474. The minimum absolute atomic E-state index is 0.372. The van der Waals surface area contributed by atoms with Gasteiger partial charge in [-0.15, -0.1) is 0 Å². The number of aromatic hydroxyl groups is 1. The van der Waals surface area contributed by atoms with Crippen LogP contribution in [0.2, 0.25) is 0 Å². The molecule has 2 rings (SSSR count). The van der Waals surface area contributed by atoms with Crippen LogP contribution >= 0.6 is 0 Å². The Morgan fingerprint density at radius 2 is 2.00 bits per heavy atom. The van der Waals surface area contributed by atoms with E-state index in [-0.39, 0.29) is 0 Å². The Labute approximate surface area is 72.4 Å². The molecular formula is C10H13NO. The molecule has 1 N–H and O–H groups in total. The molecule has 1 aliphatic heterocycles. The minimum atomic E-state index is 0.372. The van der Waals surface area contributed by atoms with E-state index in [0.717, 1.165) is 24.3 Å². The minimum Gasteiger partial charge on any atom is -0.508 e. The van der Waals surface area contributed by atoms with E-state index in [1.54, 1.807) is 6.07 Å². The highest BCUT2D eigenvalue weighted by Gasteiger charge is 2.14. The maximum absolute atomic E-state index is 9.34. The second-order valence-corrected chi connectivity index (χ2v) is 3.37. The largest absolute Gasteiger partial charge is 0.508 e. The zero-order valence-electron chi connectivity index (χ0n) is 7.25. The highest BCUT2D eigenvalue weighted by Crippen LogP contribution is 2.25. The fourth-order valence-electron chi connectivity index (χ4n) is 1.50. The summed E-state index contributed by atoms with van der Waals surface area (Å²) in [6.45, 7) is 4.26. The Kier molecular flexibility index (Phi) is 1.68. The van der Waals surface area contributed by atoms with E-state index in [0.29, 0.717) is 5.75 Å². The summed E-state index contributed by atoms with van der Waals surface area (Å²) in [4.78, 5) is 2.27. The summed E-state index contributed by atoms with van der Waals surface area (Å²) >= 11 is 0. The molecule has 0 amide bonds. The molecule has 0 aliphatic carbocycles. The molecule has 1 aromatic carbocycles. The maximum atomic E-state index is 9.34. The van der Waals surface area contributed by atoms with Crippen LogP contribution in [0.5, 0.6) is 5.75 Å². The monoisotopic (exact) mass is 163 g/mol. The molecular weight excluding hydrogens is 150 g/mol. The molecule has 1 fully saturated rings. The Morgan fingerprint density at radius 1 is 1.25 bits per heavy atom. The molecule has 2 heteroatoms. The Bertz CT molecular complexity index is 272. The van der Waals surface area contributed by atoms with Gasteiger partial charge in [0.15, 0.2) is 0 Å². The number of nitrogens with zero attached hydrogens (tertiary/aromatic N) is 1. The topological polar surface area (TPSA) is 23.5 Å². The summed E-state index contributed by atoms with van der Waals surface area (Å²) < 4.78 is 0. The molecule has 0 radical (unpaired) electrons. The molecule has 0 unspecified atom stereocenters. The van der Waals surface area contributed by atoms with Crippen molar-refractivity contribution in [3.63, 3.8) is 0 Å². The summed E-state index contributed by atoms with van der Waals surface area (Å²) in [6, 6.07) is 5.72. The van der Waals surface area contributed by atoms with E-state index >= 15 is 0 Å². The molecule has 0 atom stereocenters. The Morgan fingerprint density at radius 3 is 2.50 bits per heavy atom. The fraction of sp³-hybridized carbons (Fsp3) is 0.400. The SMILES string of the molecule is Cc1cc(O)cc(N2CCC2)c1. The van der Waals surface area contributed by atoms with Crippen LogP contribution in [0.1, 0.15) is 12.0 Å². The number of hydrogen-bond acceptors (Lipinski definition) is 2. The third-order valence-corrected chi connectivity index (χ3v) is 2.27. The van der Waals surface area contributed by atoms with Gasteiger partial charge in [-0.1, -0.05) is 0 Å². The van der Waals surface area contributed by atoms with Gasteiger partial charge in [0.05, 0.1) is 0 Å². The molecule has 64 valence electrons. The molecule has 0 spiro atoms. The number of benzene rings is 1. The van der Waals surface area contributed by atoms with Gasteiger partial charge in [0.1, 0.15) is 5.75 Å². The number of anilines is 1. The van der Waals surface area contributed by atoms with Crippen molar-refractivity contribution in [1.82, 2.24) is 0 Å². The maximum Gasteiger partial charge on any atom is 0.117 e. The lowest BCUT2D eigenvalue weighted by atomic mass is 10.1. The van der Waals surface area contributed by atoms with Crippen molar-refractivity contribution >= 4 is 5.69 Å². The smallest absolute Gasteiger partial charge is 0.117 e. The van der Waals surface area contributed by atoms with Gasteiger partial charge < -0.3 is 10.0 Å². The van der Waals surface area contributed by atoms with Crippen molar-refractivity contribution in [2.45, 2.75) is 13.3 Å². The first-order valence-electron chi connectivity index (χ1n) is 4.31. The summed E-state index contributed by atoms with van der Waals surface area (Å²) in [5.74, 6) is 0.372. The lowest BCUT2D eigenvalue weighted by Gasteiger charge is -2.33. The quantitative estimate of drug-likeness (QED) is 0.683. The summed E-state index contributed by atoms with van der Waals surface area (Å²) in [5.41, 5.74) is 2.27. The third kappa shape index (κ3) is 1.24. The average molecular weight is 163 g/mol. The standard InChI is InChI=1S/C10H13NO/c1-8-5-9(7-10(12)6-8)11-3-2-4-11/h5-7,12H,2-4H2,1H3. The van der Waals surface area contributed by atoms with E-state index in [2.05, 4.69) is 11.0 Å². The number of phenols is 1. The number of aryl methyl sites for hydroxylation is 1. The van der Waals surface area contributed by atoms with Crippen LogP contribution in [0.4, 0.5) is 5.69 Å². The van der Waals surface area contributed by atoms with Gasteiger partial charge in [0, 0.05) is 24.8 Å². The molecule has 1 heterocycles. The van der Waals surface area contributed by atoms with Crippen molar-refractivity contribution in [2.24, 2.45) is 0 Å². The van der Waals surface area contributed by atoms with Crippen LogP contribution in [0.15, 0.2) is 18.2 Å². The second-order valence-electron chi connectivity index (χ2n) is 3.37. The molecule has 1 aliphatic rings. The number of phenolic OH excluding ortho intramolecular Hbond substituents is 1. The van der Waals surface area contributed by atoms with E-state index in [1.165, 1.54) is 6.42 Å². The van der Waals surface area contributed by atoms with Gasteiger partial charge in [-0.05, 0) is 31.0 Å². The van der Waals surface area contributed by atoms with Crippen LogP contribution in [0, 0.1) is 6.92 Å². The first-order valence-corrected chi connectivity index (χ1v) is 4.31. The Hall–Kier alpha value is -1.18. The highest BCUT2D eigenvalue weighted by atomic mass is 16.3. The first-order chi connectivity index (χ1) is 5.75. The summed E-state index contributed by atoms with van der Waals surface area (Å²) in [6.07, 6.45) is 1.27. The second kappa shape index (κ2) is 2.70. The molecule has 0 bridgehead atoms. The normalized spacial score (nSPS) is 15.9. The average Bonchev–Trinajstić information content (AvgIpc) is 1.79. The molecule has 0 aromatic heterocycles. The predicted molar refractivity (Wildman–Crippen MR) is 49.7 cm³/mol. The van der Waals surface area contributed by atoms with E-state index in [9.17, 15) is 5.11 Å². The predicted octanol–water partition coefficient (Wildman–Crippen LogP) is 1.91. The molecule has 1 aromatic rings. The lowest BCUT2D eigenvalue weighted by Crippen LogP contribution is -2.36. The van der Waals surface area contributed by atoms with Gasteiger partial charge in [-0.2, -0.15) is 0 Å². The third-order valence-electron chi connectivity index (χ3n) is 2.27. The van der Waals surface area contributed by atoms with E-state index < -0.39 is 0 Å². The van der Waals surface area contributed by atoms with Crippen molar-refractivity contribution in [3.05, 3.63) is 23.8 Å². The van der Waals surface area contributed by atoms with Crippen LogP contribution in [-0.2, 0) is 0 Å². The molecule has 12 heavy (non-hydrogen) atoms. The zero-order chi connectivity index (χ0) is 8.55. The van der Waals surface area contributed by atoms with Crippen molar-refractivity contribution in [1.29, 1.82) is 0 Å². The summed E-state index contributed by atoms with van der Waals surface area (Å²) in [7, 11) is 0. The Balaban J connectivity index is 2.30. The first kappa shape index (κ1) is 7.47.